The number of ether oxygens (including phenoxy) is 2. The molecular weight excluding hydrogens is 244 g/mol. The van der Waals surface area contributed by atoms with E-state index in [1.807, 2.05) is 0 Å². The Morgan fingerprint density at radius 2 is 1.95 bits per heavy atom. The maximum absolute atomic E-state index is 10.0. The van der Waals surface area contributed by atoms with Crippen LogP contribution >= 0.6 is 0 Å². The van der Waals surface area contributed by atoms with Gasteiger partial charge in [0.1, 0.15) is 5.75 Å². The molecule has 1 aliphatic heterocycles. The van der Waals surface area contributed by atoms with Crippen molar-refractivity contribution >= 4 is 0 Å². The molecule has 1 aromatic rings. The van der Waals surface area contributed by atoms with Gasteiger partial charge in [0.2, 0.25) is 0 Å². The highest BCUT2D eigenvalue weighted by molar-refractivity contribution is 5.53. The van der Waals surface area contributed by atoms with Crippen LogP contribution in [0.25, 0.3) is 0 Å². The van der Waals surface area contributed by atoms with E-state index in [0.717, 1.165) is 44.7 Å². The molecule has 0 spiro atoms. The second kappa shape index (κ2) is 6.63. The lowest BCUT2D eigenvalue weighted by Gasteiger charge is -2.27. The predicted octanol–water partition coefficient (Wildman–Crippen LogP) is 0.857. The highest BCUT2D eigenvalue weighted by Gasteiger charge is 2.16. The van der Waals surface area contributed by atoms with E-state index < -0.39 is 0 Å². The molecule has 1 aromatic carbocycles. The van der Waals surface area contributed by atoms with Crippen molar-refractivity contribution in [2.75, 3.05) is 46.9 Å². The Labute approximate surface area is 114 Å². The van der Waals surface area contributed by atoms with Crippen LogP contribution in [0.1, 0.15) is 5.56 Å². The smallest absolute Gasteiger partial charge is 0.167 e. The van der Waals surface area contributed by atoms with Crippen LogP contribution in [0.4, 0.5) is 0 Å². The lowest BCUT2D eigenvalue weighted by Crippen LogP contribution is -2.44. The van der Waals surface area contributed by atoms with E-state index in [4.69, 9.17) is 9.47 Å². The second-order valence-corrected chi connectivity index (χ2v) is 4.64. The Balaban J connectivity index is 2.09. The second-order valence-electron chi connectivity index (χ2n) is 4.64. The molecule has 19 heavy (non-hydrogen) atoms. The monoisotopic (exact) mass is 266 g/mol. The van der Waals surface area contributed by atoms with Gasteiger partial charge in [-0.05, 0) is 18.6 Å². The van der Waals surface area contributed by atoms with Crippen molar-refractivity contribution in [3.8, 4) is 17.2 Å². The van der Waals surface area contributed by atoms with E-state index >= 15 is 0 Å². The van der Waals surface area contributed by atoms with Gasteiger partial charge in [0.05, 0.1) is 14.2 Å². The standard InChI is InChI=1S/C14H22N2O3/c1-18-13-4-3-12(17)11(14(13)19-2)5-8-16-9-6-15-7-10-16/h3-4,15,17H,5-10H2,1-2H3. The summed E-state index contributed by atoms with van der Waals surface area (Å²) in [6.45, 7) is 5.07. The average Bonchev–Trinajstić information content (AvgIpc) is 2.46. The first-order valence-electron chi connectivity index (χ1n) is 6.62. The van der Waals surface area contributed by atoms with Gasteiger partial charge < -0.3 is 24.8 Å². The number of nitrogens with zero attached hydrogens (tertiary/aromatic N) is 1. The average molecular weight is 266 g/mol. The maximum Gasteiger partial charge on any atom is 0.167 e. The minimum Gasteiger partial charge on any atom is -0.508 e. The summed E-state index contributed by atoms with van der Waals surface area (Å²) in [6.07, 6.45) is 0.756. The highest BCUT2D eigenvalue weighted by atomic mass is 16.5. The molecule has 0 radical (unpaired) electrons. The number of piperazine rings is 1. The zero-order chi connectivity index (χ0) is 13.7. The van der Waals surface area contributed by atoms with Gasteiger partial charge in [0, 0.05) is 38.3 Å². The van der Waals surface area contributed by atoms with Gasteiger partial charge in [-0.15, -0.1) is 0 Å². The van der Waals surface area contributed by atoms with Gasteiger partial charge in [-0.1, -0.05) is 0 Å². The Morgan fingerprint density at radius 3 is 2.58 bits per heavy atom. The third-order valence-corrected chi connectivity index (χ3v) is 3.51. The number of methoxy groups -OCH3 is 2. The molecule has 1 saturated heterocycles. The molecule has 0 bridgehead atoms. The van der Waals surface area contributed by atoms with Crippen molar-refractivity contribution < 1.29 is 14.6 Å². The number of phenols is 1. The van der Waals surface area contributed by atoms with Gasteiger partial charge in [0.15, 0.2) is 11.5 Å². The molecule has 1 aliphatic rings. The van der Waals surface area contributed by atoms with Gasteiger partial charge in [-0.25, -0.2) is 0 Å². The lowest BCUT2D eigenvalue weighted by atomic mass is 10.1. The number of hydrogen-bond donors (Lipinski definition) is 2. The van der Waals surface area contributed by atoms with Crippen LogP contribution < -0.4 is 14.8 Å². The van der Waals surface area contributed by atoms with Crippen LogP contribution in [0.2, 0.25) is 0 Å². The van der Waals surface area contributed by atoms with E-state index in [1.165, 1.54) is 0 Å². The summed E-state index contributed by atoms with van der Waals surface area (Å²) in [5.41, 5.74) is 0.820. The SMILES string of the molecule is COc1ccc(O)c(CCN2CCNCC2)c1OC. The Bertz CT molecular complexity index is 417. The summed E-state index contributed by atoms with van der Waals surface area (Å²) in [4.78, 5) is 2.38. The molecule has 2 rings (SSSR count). The Morgan fingerprint density at radius 1 is 1.21 bits per heavy atom. The van der Waals surface area contributed by atoms with Crippen LogP contribution in [-0.2, 0) is 6.42 Å². The minimum absolute atomic E-state index is 0.271. The van der Waals surface area contributed by atoms with Crippen LogP contribution in [0.3, 0.4) is 0 Å². The molecular formula is C14H22N2O3. The van der Waals surface area contributed by atoms with Crippen LogP contribution in [-0.4, -0.2) is 56.9 Å². The summed E-state index contributed by atoms with van der Waals surface area (Å²) < 4.78 is 10.6. The third kappa shape index (κ3) is 3.30. The van der Waals surface area contributed by atoms with E-state index in [9.17, 15) is 5.11 Å². The van der Waals surface area contributed by atoms with Crippen molar-refractivity contribution in [1.82, 2.24) is 10.2 Å². The van der Waals surface area contributed by atoms with Gasteiger partial charge >= 0.3 is 0 Å². The van der Waals surface area contributed by atoms with E-state index in [2.05, 4.69) is 10.2 Å². The zero-order valence-electron chi connectivity index (χ0n) is 11.6. The Hall–Kier alpha value is -1.46. The first-order chi connectivity index (χ1) is 9.26. The highest BCUT2D eigenvalue weighted by Crippen LogP contribution is 2.37. The fraction of sp³-hybridized carbons (Fsp3) is 0.571. The van der Waals surface area contributed by atoms with Gasteiger partial charge in [-0.3, -0.25) is 0 Å². The normalized spacial score (nSPS) is 16.3. The third-order valence-electron chi connectivity index (χ3n) is 3.51. The maximum atomic E-state index is 10.0. The van der Waals surface area contributed by atoms with Gasteiger partial charge in [-0.2, -0.15) is 0 Å². The van der Waals surface area contributed by atoms with Gasteiger partial charge in [0.25, 0.3) is 0 Å². The van der Waals surface area contributed by atoms with Crippen molar-refractivity contribution in [3.05, 3.63) is 17.7 Å². The first-order valence-corrected chi connectivity index (χ1v) is 6.62. The molecule has 1 heterocycles. The topological polar surface area (TPSA) is 54.0 Å². The van der Waals surface area contributed by atoms with E-state index in [1.54, 1.807) is 26.4 Å². The molecule has 0 atom stereocenters. The first kappa shape index (κ1) is 14.0. The molecule has 1 fully saturated rings. The molecule has 0 aliphatic carbocycles. The number of nitrogens with one attached hydrogen (secondary N) is 1. The number of phenolic OH excluding ortho intramolecular Hbond substituents is 1. The Kier molecular flexibility index (Phi) is 4.87. The summed E-state index contributed by atoms with van der Waals surface area (Å²) in [5.74, 6) is 1.57. The van der Waals surface area contributed by atoms with Crippen molar-refractivity contribution in [1.29, 1.82) is 0 Å². The quantitative estimate of drug-likeness (QED) is 0.828. The fourth-order valence-corrected chi connectivity index (χ4v) is 2.43. The number of hydrogen-bond acceptors (Lipinski definition) is 5. The number of benzene rings is 1. The van der Waals surface area contributed by atoms with Crippen molar-refractivity contribution in [3.63, 3.8) is 0 Å². The largest absolute Gasteiger partial charge is 0.508 e. The number of rotatable bonds is 5. The molecule has 0 aromatic heterocycles. The van der Waals surface area contributed by atoms with Crippen LogP contribution in [0.5, 0.6) is 17.2 Å². The summed E-state index contributed by atoms with van der Waals surface area (Å²) >= 11 is 0. The number of aromatic hydroxyl groups is 1. The fourth-order valence-electron chi connectivity index (χ4n) is 2.43. The van der Waals surface area contributed by atoms with Crippen LogP contribution in [0, 0.1) is 0 Å². The molecule has 0 amide bonds. The summed E-state index contributed by atoms with van der Waals surface area (Å²) in [6, 6.07) is 3.39. The van der Waals surface area contributed by atoms with E-state index in [0.29, 0.717) is 11.5 Å². The molecule has 5 heteroatoms. The lowest BCUT2D eigenvalue weighted by molar-refractivity contribution is 0.241. The molecule has 2 N–H and O–H groups in total. The van der Waals surface area contributed by atoms with Crippen molar-refractivity contribution in [2.24, 2.45) is 0 Å². The molecule has 0 saturated carbocycles. The van der Waals surface area contributed by atoms with Crippen molar-refractivity contribution in [2.45, 2.75) is 6.42 Å². The van der Waals surface area contributed by atoms with Crippen LogP contribution in [0.15, 0.2) is 12.1 Å². The van der Waals surface area contributed by atoms with E-state index in [-0.39, 0.29) is 5.75 Å². The molecule has 0 unspecified atom stereocenters. The summed E-state index contributed by atoms with van der Waals surface area (Å²) in [5, 5.41) is 13.3. The minimum atomic E-state index is 0.271. The zero-order valence-corrected chi connectivity index (χ0v) is 11.6. The molecule has 5 nitrogen and oxygen atoms in total. The molecule has 106 valence electrons. The predicted molar refractivity (Wildman–Crippen MR) is 74.2 cm³/mol. The summed E-state index contributed by atoms with van der Waals surface area (Å²) in [7, 11) is 3.21.